The van der Waals surface area contributed by atoms with Gasteiger partial charge in [0.05, 0.1) is 22.3 Å². The van der Waals surface area contributed by atoms with Gasteiger partial charge in [-0.15, -0.1) is 0 Å². The number of thiocarbonyl (C=S) groups is 1. The van der Waals surface area contributed by atoms with Gasteiger partial charge >= 0.3 is 0 Å². The summed E-state index contributed by atoms with van der Waals surface area (Å²) in [4.78, 5) is 0. The molecule has 18 heavy (non-hydrogen) atoms. The number of hydrogen-bond donors (Lipinski definition) is 2. The molecule has 0 saturated carbocycles. The quantitative estimate of drug-likeness (QED) is 0.642. The molecule has 1 aromatic rings. The molecule has 0 amide bonds. The van der Waals surface area contributed by atoms with Gasteiger partial charge < -0.3 is 15.4 Å². The number of rotatable bonds is 5. The Balaban J connectivity index is 2.51. The van der Waals surface area contributed by atoms with Gasteiger partial charge in [-0.2, -0.15) is 5.26 Å². The molecule has 0 fully saturated rings. The molecule has 4 nitrogen and oxygen atoms in total. The Morgan fingerprint density at radius 1 is 1.56 bits per heavy atom. The van der Waals surface area contributed by atoms with Crippen LogP contribution in [0.2, 0.25) is 5.02 Å². The van der Waals surface area contributed by atoms with Crippen LogP contribution in [0, 0.1) is 11.3 Å². The topological polar surface area (TPSA) is 57.1 Å². The first-order valence-electron chi connectivity index (χ1n) is 5.41. The van der Waals surface area contributed by atoms with Gasteiger partial charge in [0.15, 0.2) is 5.11 Å². The molecular weight excluding hydrogens is 270 g/mol. The minimum atomic E-state index is 0.475. The van der Waals surface area contributed by atoms with Crippen LogP contribution in [0.15, 0.2) is 18.2 Å². The van der Waals surface area contributed by atoms with Crippen LogP contribution in [-0.2, 0) is 4.74 Å². The summed E-state index contributed by atoms with van der Waals surface area (Å²) >= 11 is 11.1. The monoisotopic (exact) mass is 283 g/mol. The second-order valence-electron chi connectivity index (χ2n) is 3.53. The second kappa shape index (κ2) is 7.88. The van der Waals surface area contributed by atoms with E-state index in [1.165, 1.54) is 0 Å². The minimum absolute atomic E-state index is 0.475. The highest BCUT2D eigenvalue weighted by Gasteiger charge is 2.03. The largest absolute Gasteiger partial charge is 0.385 e. The number of halogens is 1. The molecule has 0 bridgehead atoms. The molecule has 0 heterocycles. The lowest BCUT2D eigenvalue weighted by Gasteiger charge is -2.11. The van der Waals surface area contributed by atoms with Gasteiger partial charge in [-0.25, -0.2) is 0 Å². The molecule has 1 aromatic carbocycles. The summed E-state index contributed by atoms with van der Waals surface area (Å²) in [7, 11) is 1.66. The summed E-state index contributed by atoms with van der Waals surface area (Å²) in [6, 6.07) is 7.03. The maximum absolute atomic E-state index is 8.80. The summed E-state index contributed by atoms with van der Waals surface area (Å²) in [6.45, 7) is 1.40. The van der Waals surface area contributed by atoms with Gasteiger partial charge in [0.25, 0.3) is 0 Å². The van der Waals surface area contributed by atoms with Crippen LogP contribution in [0.4, 0.5) is 5.69 Å². The number of nitrogens with zero attached hydrogens (tertiary/aromatic N) is 1. The molecule has 96 valence electrons. The fourth-order valence-corrected chi connectivity index (χ4v) is 1.65. The van der Waals surface area contributed by atoms with Crippen molar-refractivity contribution in [1.29, 1.82) is 5.26 Å². The lowest BCUT2D eigenvalue weighted by Crippen LogP contribution is -2.29. The third kappa shape index (κ3) is 4.88. The maximum atomic E-state index is 8.80. The number of hydrogen-bond acceptors (Lipinski definition) is 3. The lowest BCUT2D eigenvalue weighted by atomic mass is 10.2. The smallest absolute Gasteiger partial charge is 0.170 e. The Bertz CT molecular complexity index is 459. The molecule has 0 aliphatic carbocycles. The van der Waals surface area contributed by atoms with E-state index in [9.17, 15) is 0 Å². The number of anilines is 1. The molecule has 0 aliphatic heterocycles. The number of ether oxygens (including phenoxy) is 1. The van der Waals surface area contributed by atoms with Crippen LogP contribution in [0.3, 0.4) is 0 Å². The normalized spacial score (nSPS) is 9.61. The zero-order valence-electron chi connectivity index (χ0n) is 10.00. The molecule has 0 unspecified atom stereocenters. The Hall–Kier alpha value is -1.35. The standard InChI is InChI=1S/C12H14ClN3OS/c1-17-6-2-5-15-12(18)16-11-7-9(8-14)3-4-10(11)13/h3-4,7H,2,5-6H2,1H3,(H2,15,16,18). The molecule has 0 aromatic heterocycles. The molecular formula is C12H14ClN3OS. The Labute approximate surface area is 117 Å². The first-order chi connectivity index (χ1) is 8.67. The zero-order chi connectivity index (χ0) is 13.4. The minimum Gasteiger partial charge on any atom is -0.385 e. The Morgan fingerprint density at radius 3 is 3.00 bits per heavy atom. The van der Waals surface area contributed by atoms with Crippen molar-refractivity contribution in [3.63, 3.8) is 0 Å². The molecule has 0 saturated heterocycles. The van der Waals surface area contributed by atoms with Crippen molar-refractivity contribution in [3.8, 4) is 6.07 Å². The maximum Gasteiger partial charge on any atom is 0.170 e. The number of methoxy groups -OCH3 is 1. The van der Waals surface area contributed by atoms with E-state index in [-0.39, 0.29) is 0 Å². The molecule has 0 atom stereocenters. The van der Waals surface area contributed by atoms with Crippen LogP contribution >= 0.6 is 23.8 Å². The van der Waals surface area contributed by atoms with E-state index in [4.69, 9.17) is 33.8 Å². The van der Waals surface area contributed by atoms with Crippen molar-refractivity contribution in [2.24, 2.45) is 0 Å². The van der Waals surface area contributed by atoms with Crippen molar-refractivity contribution in [1.82, 2.24) is 5.32 Å². The van der Waals surface area contributed by atoms with E-state index in [2.05, 4.69) is 10.6 Å². The SMILES string of the molecule is COCCCNC(=S)Nc1cc(C#N)ccc1Cl. The number of nitriles is 1. The van der Waals surface area contributed by atoms with Crippen molar-refractivity contribution in [2.45, 2.75) is 6.42 Å². The van der Waals surface area contributed by atoms with Gasteiger partial charge in [0.1, 0.15) is 0 Å². The van der Waals surface area contributed by atoms with E-state index >= 15 is 0 Å². The van der Waals surface area contributed by atoms with Gasteiger partial charge in [0, 0.05) is 20.3 Å². The van der Waals surface area contributed by atoms with Gasteiger partial charge in [-0.3, -0.25) is 0 Å². The van der Waals surface area contributed by atoms with Crippen LogP contribution < -0.4 is 10.6 Å². The predicted molar refractivity (Wildman–Crippen MR) is 76.9 cm³/mol. The summed E-state index contributed by atoms with van der Waals surface area (Å²) in [5.41, 5.74) is 1.16. The summed E-state index contributed by atoms with van der Waals surface area (Å²) in [6.07, 6.45) is 0.865. The summed E-state index contributed by atoms with van der Waals surface area (Å²) < 4.78 is 4.93. The van der Waals surface area contributed by atoms with E-state index in [1.807, 2.05) is 6.07 Å². The Morgan fingerprint density at radius 2 is 2.33 bits per heavy atom. The zero-order valence-corrected chi connectivity index (χ0v) is 11.6. The average molecular weight is 284 g/mol. The highest BCUT2D eigenvalue weighted by atomic mass is 35.5. The second-order valence-corrected chi connectivity index (χ2v) is 4.35. The fraction of sp³-hybridized carbons (Fsp3) is 0.333. The third-order valence-corrected chi connectivity index (χ3v) is 2.73. The highest BCUT2D eigenvalue weighted by Crippen LogP contribution is 2.22. The lowest BCUT2D eigenvalue weighted by molar-refractivity contribution is 0.196. The van der Waals surface area contributed by atoms with E-state index in [0.717, 1.165) is 13.0 Å². The van der Waals surface area contributed by atoms with Crippen LogP contribution in [0.5, 0.6) is 0 Å². The predicted octanol–water partition coefficient (Wildman–Crippen LogP) is 2.53. The molecule has 0 aliphatic rings. The third-order valence-electron chi connectivity index (χ3n) is 2.15. The van der Waals surface area contributed by atoms with Gasteiger partial charge in [-0.05, 0) is 36.8 Å². The van der Waals surface area contributed by atoms with Crippen molar-refractivity contribution in [3.05, 3.63) is 28.8 Å². The van der Waals surface area contributed by atoms with E-state index < -0.39 is 0 Å². The van der Waals surface area contributed by atoms with Crippen LogP contribution in [0.1, 0.15) is 12.0 Å². The van der Waals surface area contributed by atoms with E-state index in [1.54, 1.807) is 25.3 Å². The number of benzene rings is 1. The van der Waals surface area contributed by atoms with Crippen molar-refractivity contribution in [2.75, 3.05) is 25.6 Å². The Kier molecular flexibility index (Phi) is 6.44. The first kappa shape index (κ1) is 14.7. The molecule has 0 spiro atoms. The van der Waals surface area contributed by atoms with Crippen LogP contribution in [-0.4, -0.2) is 25.4 Å². The first-order valence-corrected chi connectivity index (χ1v) is 6.19. The molecule has 1 rings (SSSR count). The molecule has 6 heteroatoms. The highest BCUT2D eigenvalue weighted by molar-refractivity contribution is 7.80. The summed E-state index contributed by atoms with van der Waals surface area (Å²) in [5, 5.41) is 15.8. The van der Waals surface area contributed by atoms with Crippen LogP contribution in [0.25, 0.3) is 0 Å². The molecule has 2 N–H and O–H groups in total. The van der Waals surface area contributed by atoms with Gasteiger partial charge in [0.2, 0.25) is 0 Å². The number of nitrogens with one attached hydrogen (secondary N) is 2. The fourth-order valence-electron chi connectivity index (χ4n) is 1.28. The van der Waals surface area contributed by atoms with Crippen molar-refractivity contribution >= 4 is 34.6 Å². The molecule has 0 radical (unpaired) electrons. The van der Waals surface area contributed by atoms with E-state index in [0.29, 0.717) is 28.0 Å². The summed E-state index contributed by atoms with van der Waals surface area (Å²) in [5.74, 6) is 0. The van der Waals surface area contributed by atoms with Crippen molar-refractivity contribution < 1.29 is 4.74 Å². The average Bonchev–Trinajstić information content (AvgIpc) is 2.37. The van der Waals surface area contributed by atoms with Gasteiger partial charge in [-0.1, -0.05) is 11.6 Å².